The molecule has 1 aliphatic rings. The van der Waals surface area contributed by atoms with Gasteiger partial charge in [-0.15, -0.1) is 12.4 Å². The second-order valence-electron chi connectivity index (χ2n) is 5.68. The van der Waals surface area contributed by atoms with Crippen LogP contribution in [0.1, 0.15) is 32.6 Å². The Morgan fingerprint density at radius 3 is 2.65 bits per heavy atom. The zero-order chi connectivity index (χ0) is 16.0. The molecule has 0 saturated heterocycles. The molecule has 128 valence electrons. The number of ether oxygens (including phenoxy) is 1. The summed E-state index contributed by atoms with van der Waals surface area (Å²) in [4.78, 5) is 23.0. The van der Waals surface area contributed by atoms with E-state index in [1.165, 1.54) is 6.92 Å². The van der Waals surface area contributed by atoms with Crippen LogP contribution in [0.2, 0.25) is 0 Å². The van der Waals surface area contributed by atoms with Crippen LogP contribution in [0, 0.1) is 0 Å². The summed E-state index contributed by atoms with van der Waals surface area (Å²) in [6, 6.07) is 7.13. The highest BCUT2D eigenvalue weighted by Crippen LogP contribution is 2.27. The van der Waals surface area contributed by atoms with Crippen molar-refractivity contribution in [3.8, 4) is 5.75 Å². The maximum atomic E-state index is 12.0. The smallest absolute Gasteiger partial charge is 0.240 e. The minimum absolute atomic E-state index is 0. The molecule has 0 aliphatic heterocycles. The fourth-order valence-corrected chi connectivity index (χ4v) is 2.61. The fourth-order valence-electron chi connectivity index (χ4n) is 2.61. The number of carbonyl (C=O) groups is 2. The highest BCUT2D eigenvalue weighted by Gasteiger charge is 2.36. The molecule has 0 unspecified atom stereocenters. The van der Waals surface area contributed by atoms with Crippen LogP contribution in [0.25, 0.3) is 0 Å². The van der Waals surface area contributed by atoms with Gasteiger partial charge in [0.1, 0.15) is 12.4 Å². The van der Waals surface area contributed by atoms with Gasteiger partial charge in [0.2, 0.25) is 11.8 Å². The zero-order valence-electron chi connectivity index (χ0n) is 13.3. The SMILES string of the molecule is CC(=O)Nc1cccc(OCCNC(=O)C2(N)CCCC2)c1.Cl. The largest absolute Gasteiger partial charge is 0.492 e. The Hall–Kier alpha value is -1.79. The number of halogens is 1. The molecule has 1 aromatic rings. The van der Waals surface area contributed by atoms with Gasteiger partial charge >= 0.3 is 0 Å². The third-order valence-electron chi connectivity index (χ3n) is 3.76. The van der Waals surface area contributed by atoms with Crippen molar-refractivity contribution in [3.05, 3.63) is 24.3 Å². The number of rotatable bonds is 6. The fraction of sp³-hybridized carbons (Fsp3) is 0.500. The average molecular weight is 342 g/mol. The van der Waals surface area contributed by atoms with E-state index in [0.29, 0.717) is 24.6 Å². The Labute approximate surface area is 142 Å². The van der Waals surface area contributed by atoms with E-state index in [2.05, 4.69) is 10.6 Å². The van der Waals surface area contributed by atoms with Crippen LogP contribution >= 0.6 is 12.4 Å². The summed E-state index contributed by atoms with van der Waals surface area (Å²) in [6.45, 7) is 2.21. The highest BCUT2D eigenvalue weighted by atomic mass is 35.5. The van der Waals surface area contributed by atoms with Crippen LogP contribution in [-0.4, -0.2) is 30.5 Å². The highest BCUT2D eigenvalue weighted by molar-refractivity contribution is 5.88. The Kier molecular flexibility index (Phi) is 7.32. The molecular weight excluding hydrogens is 318 g/mol. The molecule has 1 fully saturated rings. The minimum atomic E-state index is -0.703. The van der Waals surface area contributed by atoms with Crippen LogP contribution in [0.5, 0.6) is 5.75 Å². The zero-order valence-corrected chi connectivity index (χ0v) is 14.1. The van der Waals surface area contributed by atoms with Crippen LogP contribution < -0.4 is 21.1 Å². The molecule has 1 aromatic carbocycles. The molecule has 2 rings (SSSR count). The number of carbonyl (C=O) groups excluding carboxylic acids is 2. The van der Waals surface area contributed by atoms with Gasteiger partial charge in [-0.3, -0.25) is 9.59 Å². The molecule has 0 spiro atoms. The van der Waals surface area contributed by atoms with E-state index in [9.17, 15) is 9.59 Å². The molecular formula is C16H24ClN3O3. The third-order valence-corrected chi connectivity index (χ3v) is 3.76. The number of hydrogen-bond donors (Lipinski definition) is 3. The van der Waals surface area contributed by atoms with Crippen molar-refractivity contribution in [3.63, 3.8) is 0 Å². The quantitative estimate of drug-likeness (QED) is 0.688. The maximum Gasteiger partial charge on any atom is 0.240 e. The lowest BCUT2D eigenvalue weighted by molar-refractivity contribution is -0.126. The molecule has 7 heteroatoms. The number of nitrogens with two attached hydrogens (primary N) is 1. The molecule has 0 atom stereocenters. The number of amides is 2. The van der Waals surface area contributed by atoms with E-state index in [-0.39, 0.29) is 24.2 Å². The molecule has 4 N–H and O–H groups in total. The summed E-state index contributed by atoms with van der Waals surface area (Å²) in [7, 11) is 0. The van der Waals surface area contributed by atoms with E-state index in [4.69, 9.17) is 10.5 Å². The van der Waals surface area contributed by atoms with Crippen molar-refractivity contribution >= 4 is 29.9 Å². The molecule has 0 aromatic heterocycles. The molecule has 2 amide bonds. The first-order valence-corrected chi connectivity index (χ1v) is 7.57. The summed E-state index contributed by atoms with van der Waals surface area (Å²) < 4.78 is 5.57. The van der Waals surface area contributed by atoms with Gasteiger partial charge in [-0.2, -0.15) is 0 Å². The molecule has 1 aliphatic carbocycles. The normalized spacial score (nSPS) is 15.4. The van der Waals surface area contributed by atoms with E-state index in [1.807, 2.05) is 0 Å². The second kappa shape index (κ2) is 8.74. The van der Waals surface area contributed by atoms with Crippen LogP contribution in [-0.2, 0) is 9.59 Å². The molecule has 0 bridgehead atoms. The van der Waals surface area contributed by atoms with Gasteiger partial charge in [0.15, 0.2) is 0 Å². The van der Waals surface area contributed by atoms with Crippen molar-refractivity contribution in [1.82, 2.24) is 5.32 Å². The first kappa shape index (κ1) is 19.3. The van der Waals surface area contributed by atoms with Crippen LogP contribution in [0.3, 0.4) is 0 Å². The summed E-state index contributed by atoms with van der Waals surface area (Å²) in [5.74, 6) is 0.415. The number of hydrogen-bond acceptors (Lipinski definition) is 4. The van der Waals surface area contributed by atoms with Gasteiger partial charge in [0, 0.05) is 18.7 Å². The van der Waals surface area contributed by atoms with Gasteiger partial charge in [-0.05, 0) is 25.0 Å². The number of anilines is 1. The predicted molar refractivity (Wildman–Crippen MR) is 91.9 cm³/mol. The topological polar surface area (TPSA) is 93.5 Å². The van der Waals surface area contributed by atoms with E-state index in [0.717, 1.165) is 25.7 Å². The van der Waals surface area contributed by atoms with Crippen molar-refractivity contribution in [2.45, 2.75) is 38.1 Å². The summed E-state index contributed by atoms with van der Waals surface area (Å²) in [6.07, 6.45) is 3.52. The van der Waals surface area contributed by atoms with E-state index in [1.54, 1.807) is 24.3 Å². The minimum Gasteiger partial charge on any atom is -0.492 e. The lowest BCUT2D eigenvalue weighted by Crippen LogP contribution is -2.52. The summed E-state index contributed by atoms with van der Waals surface area (Å²) in [5, 5.41) is 5.51. The van der Waals surface area contributed by atoms with Crippen LogP contribution in [0.4, 0.5) is 5.69 Å². The number of nitrogens with one attached hydrogen (secondary N) is 2. The molecule has 23 heavy (non-hydrogen) atoms. The van der Waals surface area contributed by atoms with Gasteiger partial charge in [-0.1, -0.05) is 18.9 Å². The monoisotopic (exact) mass is 341 g/mol. The van der Waals surface area contributed by atoms with Crippen molar-refractivity contribution < 1.29 is 14.3 Å². The second-order valence-corrected chi connectivity index (χ2v) is 5.68. The Morgan fingerprint density at radius 2 is 2.00 bits per heavy atom. The van der Waals surface area contributed by atoms with Crippen molar-refractivity contribution in [1.29, 1.82) is 0 Å². The molecule has 1 saturated carbocycles. The summed E-state index contributed by atoms with van der Waals surface area (Å²) >= 11 is 0. The molecule has 0 heterocycles. The Morgan fingerprint density at radius 1 is 1.30 bits per heavy atom. The predicted octanol–water partition coefficient (Wildman–Crippen LogP) is 1.83. The maximum absolute atomic E-state index is 12.0. The molecule has 6 nitrogen and oxygen atoms in total. The van der Waals surface area contributed by atoms with E-state index < -0.39 is 5.54 Å². The Balaban J connectivity index is 0.00000264. The Bertz CT molecular complexity index is 545. The van der Waals surface area contributed by atoms with Crippen molar-refractivity contribution in [2.24, 2.45) is 5.73 Å². The number of benzene rings is 1. The summed E-state index contributed by atoms with van der Waals surface area (Å²) in [5.41, 5.74) is 6.05. The average Bonchev–Trinajstić information content (AvgIpc) is 2.91. The van der Waals surface area contributed by atoms with Crippen molar-refractivity contribution in [2.75, 3.05) is 18.5 Å². The van der Waals surface area contributed by atoms with Gasteiger partial charge in [-0.25, -0.2) is 0 Å². The first-order valence-electron chi connectivity index (χ1n) is 7.57. The molecule has 0 radical (unpaired) electrons. The lowest BCUT2D eigenvalue weighted by Gasteiger charge is -2.22. The lowest BCUT2D eigenvalue weighted by atomic mass is 9.98. The first-order chi connectivity index (χ1) is 10.5. The van der Waals surface area contributed by atoms with Gasteiger partial charge < -0.3 is 21.1 Å². The van der Waals surface area contributed by atoms with Gasteiger partial charge in [0.05, 0.1) is 12.1 Å². The van der Waals surface area contributed by atoms with E-state index >= 15 is 0 Å². The third kappa shape index (κ3) is 5.73. The standard InChI is InChI=1S/C16H23N3O3.ClH/c1-12(20)19-13-5-4-6-14(11-13)22-10-9-18-15(21)16(17)7-2-3-8-16;/h4-6,11H,2-3,7-10,17H2,1H3,(H,18,21)(H,19,20);1H. The van der Waals surface area contributed by atoms with Gasteiger partial charge in [0.25, 0.3) is 0 Å². The van der Waals surface area contributed by atoms with Crippen LogP contribution in [0.15, 0.2) is 24.3 Å².